The fraction of sp³-hybridized carbons (Fsp3) is 0.357. The first kappa shape index (κ1) is 13.4. The molecule has 0 fully saturated rings. The summed E-state index contributed by atoms with van der Waals surface area (Å²) >= 11 is 0. The Bertz CT molecular complexity index is 508. The number of hydrogen-bond acceptors (Lipinski definition) is 5. The number of hydrogen-bond donors (Lipinski definition) is 1. The summed E-state index contributed by atoms with van der Waals surface area (Å²) in [6.45, 7) is 4.17. The van der Waals surface area contributed by atoms with Crippen LogP contribution in [0.3, 0.4) is 0 Å². The van der Waals surface area contributed by atoms with Gasteiger partial charge in [0.25, 0.3) is 0 Å². The van der Waals surface area contributed by atoms with Crippen LogP contribution in [0.5, 0.6) is 5.75 Å². The third-order valence-electron chi connectivity index (χ3n) is 2.69. The Morgan fingerprint density at radius 1 is 1.26 bits per heavy atom. The third kappa shape index (κ3) is 3.99. The summed E-state index contributed by atoms with van der Waals surface area (Å²) < 4.78 is 10.5. The zero-order valence-electron chi connectivity index (χ0n) is 11.3. The lowest BCUT2D eigenvalue weighted by Gasteiger charge is -2.15. The first-order valence-electron chi connectivity index (χ1n) is 6.28. The van der Waals surface area contributed by atoms with E-state index in [0.29, 0.717) is 19.0 Å². The van der Waals surface area contributed by atoms with E-state index in [4.69, 9.17) is 15.0 Å². The van der Waals surface area contributed by atoms with Crippen molar-refractivity contribution in [2.75, 3.05) is 19.4 Å². The van der Waals surface area contributed by atoms with Crippen LogP contribution in [-0.2, 0) is 13.1 Å². The lowest BCUT2D eigenvalue weighted by molar-refractivity contribution is 0.267. The summed E-state index contributed by atoms with van der Waals surface area (Å²) in [5.74, 6) is 2.09. The molecule has 2 N–H and O–H groups in total. The zero-order valence-corrected chi connectivity index (χ0v) is 11.3. The van der Waals surface area contributed by atoms with Gasteiger partial charge in [-0.05, 0) is 31.7 Å². The SMILES string of the molecule is CCOc1ccc(CN(C)Cc2cc(N)no2)cc1. The first-order valence-corrected chi connectivity index (χ1v) is 6.28. The molecule has 5 heteroatoms. The summed E-state index contributed by atoms with van der Waals surface area (Å²) in [5, 5.41) is 3.67. The minimum Gasteiger partial charge on any atom is -0.494 e. The highest BCUT2D eigenvalue weighted by atomic mass is 16.5. The minimum absolute atomic E-state index is 0.421. The second kappa shape index (κ2) is 6.24. The lowest BCUT2D eigenvalue weighted by Crippen LogP contribution is -2.16. The summed E-state index contributed by atoms with van der Waals surface area (Å²) in [7, 11) is 2.02. The molecular formula is C14H19N3O2. The largest absolute Gasteiger partial charge is 0.494 e. The Morgan fingerprint density at radius 3 is 2.58 bits per heavy atom. The highest BCUT2D eigenvalue weighted by molar-refractivity contribution is 5.28. The average Bonchev–Trinajstić information content (AvgIpc) is 2.77. The van der Waals surface area contributed by atoms with Crippen LogP contribution in [0.4, 0.5) is 5.82 Å². The molecule has 1 aromatic heterocycles. The Morgan fingerprint density at radius 2 is 2.00 bits per heavy atom. The molecule has 5 nitrogen and oxygen atoms in total. The fourth-order valence-electron chi connectivity index (χ4n) is 1.89. The predicted molar refractivity (Wildman–Crippen MR) is 73.7 cm³/mol. The minimum atomic E-state index is 0.421. The van der Waals surface area contributed by atoms with Gasteiger partial charge in [-0.1, -0.05) is 17.3 Å². The maximum absolute atomic E-state index is 5.51. The summed E-state index contributed by atoms with van der Waals surface area (Å²) in [6.07, 6.45) is 0. The molecule has 1 aromatic carbocycles. The van der Waals surface area contributed by atoms with Crippen LogP contribution in [0, 0.1) is 0 Å². The van der Waals surface area contributed by atoms with Gasteiger partial charge < -0.3 is 15.0 Å². The number of benzene rings is 1. The molecular weight excluding hydrogens is 242 g/mol. The molecule has 0 aliphatic carbocycles. The second-order valence-corrected chi connectivity index (χ2v) is 4.47. The Labute approximate surface area is 112 Å². The van der Waals surface area contributed by atoms with Crippen LogP contribution in [0.2, 0.25) is 0 Å². The van der Waals surface area contributed by atoms with Gasteiger partial charge in [-0.15, -0.1) is 0 Å². The summed E-state index contributed by atoms with van der Waals surface area (Å²) in [6, 6.07) is 9.85. The van der Waals surface area contributed by atoms with Crippen molar-refractivity contribution in [2.45, 2.75) is 20.0 Å². The zero-order chi connectivity index (χ0) is 13.7. The van der Waals surface area contributed by atoms with Gasteiger partial charge in [0, 0.05) is 12.6 Å². The van der Waals surface area contributed by atoms with Gasteiger partial charge in [-0.25, -0.2) is 0 Å². The topological polar surface area (TPSA) is 64.5 Å². The van der Waals surface area contributed by atoms with Gasteiger partial charge in [-0.3, -0.25) is 4.90 Å². The maximum Gasteiger partial charge on any atom is 0.167 e. The molecule has 0 unspecified atom stereocenters. The monoisotopic (exact) mass is 261 g/mol. The molecule has 1 heterocycles. The molecule has 0 aliphatic rings. The molecule has 102 valence electrons. The summed E-state index contributed by atoms with van der Waals surface area (Å²) in [4.78, 5) is 2.13. The van der Waals surface area contributed by atoms with Crippen LogP contribution in [-0.4, -0.2) is 23.7 Å². The number of aromatic nitrogens is 1. The molecule has 19 heavy (non-hydrogen) atoms. The molecule has 0 atom stereocenters. The molecule has 2 aromatic rings. The van der Waals surface area contributed by atoms with E-state index < -0.39 is 0 Å². The molecule has 0 saturated carbocycles. The highest BCUT2D eigenvalue weighted by Gasteiger charge is 2.06. The number of ether oxygens (including phenoxy) is 1. The Kier molecular flexibility index (Phi) is 4.41. The van der Waals surface area contributed by atoms with E-state index in [1.165, 1.54) is 5.56 Å². The van der Waals surface area contributed by atoms with E-state index in [2.05, 4.69) is 22.2 Å². The Hall–Kier alpha value is -2.01. The quantitative estimate of drug-likeness (QED) is 0.864. The number of nitrogens with zero attached hydrogens (tertiary/aromatic N) is 2. The van der Waals surface area contributed by atoms with Crippen LogP contribution >= 0.6 is 0 Å². The molecule has 0 radical (unpaired) electrons. The third-order valence-corrected chi connectivity index (χ3v) is 2.69. The van der Waals surface area contributed by atoms with E-state index in [9.17, 15) is 0 Å². The fourth-order valence-corrected chi connectivity index (χ4v) is 1.89. The average molecular weight is 261 g/mol. The van der Waals surface area contributed by atoms with E-state index in [0.717, 1.165) is 18.1 Å². The standard InChI is InChI=1S/C14H19N3O2/c1-3-18-12-6-4-11(5-7-12)9-17(2)10-13-8-14(15)16-19-13/h4-8H,3,9-10H2,1-2H3,(H2,15,16). The van der Waals surface area contributed by atoms with Crippen LogP contribution < -0.4 is 10.5 Å². The number of nitrogen functional groups attached to an aromatic ring is 1. The van der Waals surface area contributed by atoms with Gasteiger partial charge in [0.1, 0.15) is 5.75 Å². The second-order valence-electron chi connectivity index (χ2n) is 4.47. The van der Waals surface area contributed by atoms with Gasteiger partial charge in [0.15, 0.2) is 11.6 Å². The van der Waals surface area contributed by atoms with Crippen molar-refractivity contribution in [1.82, 2.24) is 10.1 Å². The van der Waals surface area contributed by atoms with E-state index in [-0.39, 0.29) is 0 Å². The van der Waals surface area contributed by atoms with Gasteiger partial charge in [0.05, 0.1) is 13.2 Å². The van der Waals surface area contributed by atoms with Crippen molar-refractivity contribution in [1.29, 1.82) is 0 Å². The summed E-state index contributed by atoms with van der Waals surface area (Å²) in [5.41, 5.74) is 6.74. The van der Waals surface area contributed by atoms with Crippen molar-refractivity contribution in [3.63, 3.8) is 0 Å². The maximum atomic E-state index is 5.51. The molecule has 2 rings (SSSR count). The van der Waals surface area contributed by atoms with Gasteiger partial charge >= 0.3 is 0 Å². The first-order chi connectivity index (χ1) is 9.17. The normalized spacial score (nSPS) is 10.9. The van der Waals surface area contributed by atoms with E-state index in [1.807, 2.05) is 26.1 Å². The number of rotatable bonds is 6. The van der Waals surface area contributed by atoms with Crippen molar-refractivity contribution in [2.24, 2.45) is 0 Å². The van der Waals surface area contributed by atoms with Crippen molar-refractivity contribution in [3.8, 4) is 5.75 Å². The molecule has 0 aliphatic heterocycles. The number of anilines is 1. The smallest absolute Gasteiger partial charge is 0.167 e. The highest BCUT2D eigenvalue weighted by Crippen LogP contribution is 2.14. The van der Waals surface area contributed by atoms with Gasteiger partial charge in [0.2, 0.25) is 0 Å². The van der Waals surface area contributed by atoms with Gasteiger partial charge in [-0.2, -0.15) is 0 Å². The van der Waals surface area contributed by atoms with Crippen molar-refractivity contribution in [3.05, 3.63) is 41.7 Å². The molecule has 0 amide bonds. The lowest BCUT2D eigenvalue weighted by atomic mass is 10.2. The van der Waals surface area contributed by atoms with E-state index in [1.54, 1.807) is 6.07 Å². The predicted octanol–water partition coefficient (Wildman–Crippen LogP) is 2.29. The van der Waals surface area contributed by atoms with Crippen LogP contribution in [0.15, 0.2) is 34.9 Å². The van der Waals surface area contributed by atoms with Crippen LogP contribution in [0.1, 0.15) is 18.2 Å². The van der Waals surface area contributed by atoms with Crippen molar-refractivity contribution >= 4 is 5.82 Å². The van der Waals surface area contributed by atoms with Crippen molar-refractivity contribution < 1.29 is 9.26 Å². The van der Waals surface area contributed by atoms with Crippen LogP contribution in [0.25, 0.3) is 0 Å². The van der Waals surface area contributed by atoms with E-state index >= 15 is 0 Å². The molecule has 0 spiro atoms. The molecule has 0 saturated heterocycles. The Balaban J connectivity index is 1.89. The molecule has 0 bridgehead atoms. The number of nitrogens with two attached hydrogens (primary N) is 1.